The second-order valence-corrected chi connectivity index (χ2v) is 12.2. The number of hydrogen-bond acceptors (Lipinski definition) is 5. The standard InChI is InChI=1S/C35H42N4O3/c1-37-33-15-9-8-14-29(33)20-30(34(37)40)22-39(35(41)28-12-6-3-7-13-28)24-32(26-10-4-2-5-11-26)27-16-18-38(19-17-27)23-31-21-36-25-42-31/h2,4-5,8-11,14-15,20-21,25,27-28,32H,3,6-7,12-13,16-19,22-24H2,1H3. The Morgan fingerprint density at radius 1 is 1.00 bits per heavy atom. The highest BCUT2D eigenvalue weighted by atomic mass is 16.3. The van der Waals surface area contributed by atoms with Crippen molar-refractivity contribution < 1.29 is 9.21 Å². The predicted octanol–water partition coefficient (Wildman–Crippen LogP) is 6.13. The van der Waals surface area contributed by atoms with Gasteiger partial charge in [-0.15, -0.1) is 0 Å². The molecule has 0 radical (unpaired) electrons. The minimum absolute atomic E-state index is 0.0212. The summed E-state index contributed by atoms with van der Waals surface area (Å²) in [6.45, 7) is 3.72. The van der Waals surface area contributed by atoms with Gasteiger partial charge in [-0.1, -0.05) is 67.8 Å². The van der Waals surface area contributed by atoms with Crippen LogP contribution in [0.3, 0.4) is 0 Å². The number of nitrogens with zero attached hydrogens (tertiary/aromatic N) is 4. The maximum Gasteiger partial charge on any atom is 0.255 e. The first-order valence-corrected chi connectivity index (χ1v) is 15.6. The molecule has 1 aliphatic heterocycles. The number of piperidine rings is 1. The topological polar surface area (TPSA) is 71.6 Å². The molecule has 4 aromatic rings. The van der Waals surface area contributed by atoms with E-state index in [0.717, 1.165) is 74.8 Å². The molecule has 7 nitrogen and oxygen atoms in total. The largest absolute Gasteiger partial charge is 0.447 e. The lowest BCUT2D eigenvalue weighted by Gasteiger charge is -2.39. The van der Waals surface area contributed by atoms with Gasteiger partial charge in [0.25, 0.3) is 5.56 Å². The lowest BCUT2D eigenvalue weighted by molar-refractivity contribution is -0.137. The van der Waals surface area contributed by atoms with Crippen molar-refractivity contribution >= 4 is 16.8 Å². The molecular weight excluding hydrogens is 524 g/mol. The Balaban J connectivity index is 1.28. The molecule has 2 aromatic heterocycles. The summed E-state index contributed by atoms with van der Waals surface area (Å²) in [6, 6.07) is 20.7. The van der Waals surface area contributed by atoms with E-state index in [0.29, 0.717) is 24.6 Å². The van der Waals surface area contributed by atoms with Gasteiger partial charge in [-0.3, -0.25) is 14.5 Å². The van der Waals surface area contributed by atoms with Crippen LogP contribution in [0, 0.1) is 11.8 Å². The quantitative estimate of drug-likeness (QED) is 0.244. The Hall–Kier alpha value is -3.71. The van der Waals surface area contributed by atoms with E-state index >= 15 is 0 Å². The zero-order chi connectivity index (χ0) is 28.9. The first-order valence-electron chi connectivity index (χ1n) is 15.6. The summed E-state index contributed by atoms with van der Waals surface area (Å²) in [5.74, 6) is 1.81. The van der Waals surface area contributed by atoms with Gasteiger partial charge in [0, 0.05) is 31.0 Å². The highest BCUT2D eigenvalue weighted by Crippen LogP contribution is 2.35. The zero-order valence-corrected chi connectivity index (χ0v) is 24.7. The van der Waals surface area contributed by atoms with Crippen molar-refractivity contribution in [2.24, 2.45) is 18.9 Å². The Bertz CT molecular complexity index is 1520. The molecule has 1 saturated heterocycles. The highest BCUT2D eigenvalue weighted by molar-refractivity contribution is 5.81. The number of pyridine rings is 1. The number of carbonyl (C=O) groups is 1. The molecule has 1 saturated carbocycles. The number of oxazole rings is 1. The van der Waals surface area contributed by atoms with Crippen molar-refractivity contribution in [3.63, 3.8) is 0 Å². The van der Waals surface area contributed by atoms with Gasteiger partial charge in [-0.2, -0.15) is 0 Å². The summed E-state index contributed by atoms with van der Waals surface area (Å²) in [5, 5.41) is 1.03. The summed E-state index contributed by atoms with van der Waals surface area (Å²) in [6.07, 6.45) is 10.7. The maximum atomic E-state index is 14.2. The van der Waals surface area contributed by atoms with E-state index in [4.69, 9.17) is 4.42 Å². The molecule has 0 spiro atoms. The molecular formula is C35H42N4O3. The van der Waals surface area contributed by atoms with Crippen molar-refractivity contribution in [1.82, 2.24) is 19.4 Å². The Labute approximate surface area is 248 Å². The van der Waals surface area contributed by atoms with E-state index in [1.54, 1.807) is 10.8 Å². The van der Waals surface area contributed by atoms with Gasteiger partial charge in [-0.05, 0) is 67.8 Å². The minimum Gasteiger partial charge on any atom is -0.447 e. The molecule has 1 amide bonds. The number of aryl methyl sites for hydroxylation is 1. The van der Waals surface area contributed by atoms with Crippen LogP contribution in [0.1, 0.15) is 67.8 Å². The number of carbonyl (C=O) groups excluding carboxylic acids is 1. The number of fused-ring (bicyclic) bond motifs is 1. The summed E-state index contributed by atoms with van der Waals surface area (Å²) >= 11 is 0. The van der Waals surface area contributed by atoms with E-state index in [2.05, 4.69) is 40.2 Å². The molecule has 42 heavy (non-hydrogen) atoms. The van der Waals surface area contributed by atoms with Crippen LogP contribution in [0.25, 0.3) is 10.9 Å². The van der Waals surface area contributed by atoms with Crippen molar-refractivity contribution in [1.29, 1.82) is 0 Å². The molecule has 0 bridgehead atoms. The van der Waals surface area contributed by atoms with Crippen molar-refractivity contribution in [3.8, 4) is 0 Å². The van der Waals surface area contributed by atoms with Gasteiger partial charge in [0.1, 0.15) is 5.76 Å². The molecule has 2 fully saturated rings. The van der Waals surface area contributed by atoms with Crippen LogP contribution in [-0.2, 0) is 24.9 Å². The molecule has 1 atom stereocenters. The summed E-state index contributed by atoms with van der Waals surface area (Å²) in [4.78, 5) is 36.3. The number of benzene rings is 2. The van der Waals surface area contributed by atoms with Crippen molar-refractivity contribution in [2.75, 3.05) is 19.6 Å². The van der Waals surface area contributed by atoms with Gasteiger partial charge in [0.05, 0.1) is 24.8 Å². The second-order valence-electron chi connectivity index (χ2n) is 12.2. The van der Waals surface area contributed by atoms with Crippen LogP contribution in [0.15, 0.2) is 82.5 Å². The molecule has 1 unspecified atom stereocenters. The van der Waals surface area contributed by atoms with Crippen LogP contribution in [0.5, 0.6) is 0 Å². The summed E-state index contributed by atoms with van der Waals surface area (Å²) in [5.41, 5.74) is 2.86. The first-order chi connectivity index (χ1) is 20.6. The average Bonchev–Trinajstić information content (AvgIpc) is 3.56. The molecule has 0 N–H and O–H groups in total. The third-order valence-corrected chi connectivity index (χ3v) is 9.54. The fraction of sp³-hybridized carbons (Fsp3) is 0.457. The summed E-state index contributed by atoms with van der Waals surface area (Å²) in [7, 11) is 1.83. The average molecular weight is 567 g/mol. The van der Waals surface area contributed by atoms with Crippen molar-refractivity contribution in [2.45, 2.75) is 64.0 Å². The van der Waals surface area contributed by atoms with E-state index < -0.39 is 0 Å². The van der Waals surface area contributed by atoms with Gasteiger partial charge < -0.3 is 13.9 Å². The molecule has 1 aliphatic carbocycles. The van der Waals surface area contributed by atoms with E-state index in [-0.39, 0.29) is 23.3 Å². The third kappa shape index (κ3) is 6.36. The van der Waals surface area contributed by atoms with E-state index in [1.807, 2.05) is 42.3 Å². The van der Waals surface area contributed by atoms with Crippen LogP contribution in [0.2, 0.25) is 0 Å². The monoisotopic (exact) mass is 566 g/mol. The number of hydrogen-bond donors (Lipinski definition) is 0. The fourth-order valence-electron chi connectivity index (χ4n) is 7.17. The molecule has 2 aromatic carbocycles. The Kier molecular flexibility index (Phi) is 8.84. The summed E-state index contributed by atoms with van der Waals surface area (Å²) < 4.78 is 7.22. The predicted molar refractivity (Wildman–Crippen MR) is 165 cm³/mol. The molecule has 220 valence electrons. The van der Waals surface area contributed by atoms with Gasteiger partial charge in [0.15, 0.2) is 6.39 Å². The lowest BCUT2D eigenvalue weighted by Crippen LogP contribution is -2.43. The molecule has 6 rings (SSSR count). The number of rotatable bonds is 9. The first kappa shape index (κ1) is 28.4. The van der Waals surface area contributed by atoms with E-state index in [1.165, 1.54) is 18.4 Å². The van der Waals surface area contributed by atoms with Gasteiger partial charge in [0.2, 0.25) is 5.91 Å². The number of likely N-dealkylation sites (tertiary alicyclic amines) is 1. The maximum absolute atomic E-state index is 14.2. The number of para-hydroxylation sites is 1. The normalized spacial score (nSPS) is 17.8. The zero-order valence-electron chi connectivity index (χ0n) is 24.7. The van der Waals surface area contributed by atoms with Crippen LogP contribution in [-0.4, -0.2) is 44.9 Å². The smallest absolute Gasteiger partial charge is 0.255 e. The van der Waals surface area contributed by atoms with Crippen LogP contribution < -0.4 is 5.56 Å². The third-order valence-electron chi connectivity index (χ3n) is 9.54. The Morgan fingerprint density at radius 2 is 1.74 bits per heavy atom. The second kappa shape index (κ2) is 13.1. The highest BCUT2D eigenvalue weighted by Gasteiger charge is 2.33. The minimum atomic E-state index is -0.0212. The lowest BCUT2D eigenvalue weighted by atomic mass is 9.79. The molecule has 7 heteroatoms. The molecule has 2 aliphatic rings. The number of amides is 1. The van der Waals surface area contributed by atoms with Crippen LogP contribution >= 0.6 is 0 Å². The van der Waals surface area contributed by atoms with Gasteiger partial charge >= 0.3 is 0 Å². The SMILES string of the molecule is Cn1c(=O)c(CN(CC(c2ccccc2)C2CCN(Cc3cnco3)CC2)C(=O)C2CCCCC2)cc2ccccc21. The number of aromatic nitrogens is 2. The van der Waals surface area contributed by atoms with Crippen molar-refractivity contribution in [3.05, 3.63) is 100 Å². The van der Waals surface area contributed by atoms with E-state index in [9.17, 15) is 9.59 Å². The molecule has 3 heterocycles. The van der Waals surface area contributed by atoms with Crippen LogP contribution in [0.4, 0.5) is 0 Å². The van der Waals surface area contributed by atoms with Gasteiger partial charge in [-0.25, -0.2) is 4.98 Å². The Morgan fingerprint density at radius 3 is 2.48 bits per heavy atom. The fourth-order valence-corrected chi connectivity index (χ4v) is 7.17.